The molecule has 140 valence electrons. The van der Waals surface area contributed by atoms with E-state index in [-0.39, 0.29) is 0 Å². The second kappa shape index (κ2) is 10.3. The third kappa shape index (κ3) is 6.07. The average Bonchev–Trinajstić information content (AvgIpc) is 2.73. The van der Waals surface area contributed by atoms with Crippen molar-refractivity contribution in [2.45, 2.75) is 32.9 Å². The van der Waals surface area contributed by atoms with Crippen molar-refractivity contribution in [2.75, 3.05) is 11.9 Å². The summed E-state index contributed by atoms with van der Waals surface area (Å²) in [6, 6.07) is 26.5. The monoisotopic (exact) mass is 361 g/mol. The van der Waals surface area contributed by atoms with Gasteiger partial charge in [0.05, 0.1) is 12.3 Å². The van der Waals surface area contributed by atoms with E-state index in [2.05, 4.69) is 36.5 Å². The van der Waals surface area contributed by atoms with E-state index in [0.717, 1.165) is 48.7 Å². The first-order valence-corrected chi connectivity index (χ1v) is 9.56. The highest BCUT2D eigenvalue weighted by molar-refractivity contribution is 5.56. The van der Waals surface area contributed by atoms with Crippen molar-refractivity contribution in [3.63, 3.8) is 0 Å². The van der Waals surface area contributed by atoms with Crippen molar-refractivity contribution in [3.05, 3.63) is 90.0 Å². The van der Waals surface area contributed by atoms with Gasteiger partial charge in [-0.2, -0.15) is 0 Å². The molecule has 0 radical (unpaired) electrons. The molecule has 0 aliphatic carbocycles. The van der Waals surface area contributed by atoms with E-state index in [9.17, 15) is 0 Å². The van der Waals surface area contributed by atoms with Crippen LogP contribution in [-0.2, 0) is 13.2 Å². The summed E-state index contributed by atoms with van der Waals surface area (Å²) in [6.07, 6.45) is 2.22. The molecule has 0 amide bonds. The van der Waals surface area contributed by atoms with Gasteiger partial charge in [0.1, 0.15) is 18.1 Å². The van der Waals surface area contributed by atoms with Crippen molar-refractivity contribution in [3.8, 4) is 11.5 Å². The van der Waals surface area contributed by atoms with Crippen LogP contribution < -0.4 is 14.8 Å². The van der Waals surface area contributed by atoms with Gasteiger partial charge in [-0.1, -0.05) is 67.9 Å². The van der Waals surface area contributed by atoms with E-state index in [1.165, 1.54) is 5.56 Å². The number of anilines is 1. The molecule has 0 aliphatic heterocycles. The summed E-state index contributed by atoms with van der Waals surface area (Å²) in [6.45, 7) is 4.21. The number of rotatable bonds is 10. The van der Waals surface area contributed by atoms with Crippen LogP contribution in [0.4, 0.5) is 5.69 Å². The van der Waals surface area contributed by atoms with Crippen LogP contribution in [-0.4, -0.2) is 6.61 Å². The van der Waals surface area contributed by atoms with Gasteiger partial charge in [-0.15, -0.1) is 0 Å². The maximum atomic E-state index is 6.01. The van der Waals surface area contributed by atoms with Gasteiger partial charge in [-0.25, -0.2) is 0 Å². The first-order chi connectivity index (χ1) is 13.3. The van der Waals surface area contributed by atoms with Crippen molar-refractivity contribution in [1.29, 1.82) is 0 Å². The lowest BCUT2D eigenvalue weighted by molar-refractivity contribution is 0.307. The lowest BCUT2D eigenvalue weighted by Crippen LogP contribution is -2.03. The Morgan fingerprint density at radius 3 is 2.41 bits per heavy atom. The summed E-state index contributed by atoms with van der Waals surface area (Å²) >= 11 is 0. The van der Waals surface area contributed by atoms with Crippen LogP contribution >= 0.6 is 0 Å². The zero-order chi connectivity index (χ0) is 18.7. The van der Waals surface area contributed by atoms with Gasteiger partial charge in [0, 0.05) is 6.54 Å². The largest absolute Gasteiger partial charge is 0.494 e. The lowest BCUT2D eigenvalue weighted by Gasteiger charge is -2.14. The number of hydrogen-bond donors (Lipinski definition) is 1. The molecule has 3 aromatic rings. The Kier molecular flexibility index (Phi) is 7.16. The lowest BCUT2D eigenvalue weighted by atomic mass is 10.2. The number of para-hydroxylation sites is 2. The Morgan fingerprint density at radius 1 is 0.778 bits per heavy atom. The van der Waals surface area contributed by atoms with Crippen LogP contribution in [0, 0.1) is 0 Å². The van der Waals surface area contributed by atoms with Crippen LogP contribution in [0.2, 0.25) is 0 Å². The maximum absolute atomic E-state index is 6.01. The number of hydrogen-bond acceptors (Lipinski definition) is 3. The van der Waals surface area contributed by atoms with Gasteiger partial charge in [-0.05, 0) is 41.8 Å². The smallest absolute Gasteiger partial charge is 0.142 e. The molecular weight excluding hydrogens is 334 g/mol. The number of benzene rings is 3. The van der Waals surface area contributed by atoms with E-state index < -0.39 is 0 Å². The highest BCUT2D eigenvalue weighted by Crippen LogP contribution is 2.26. The molecule has 0 saturated heterocycles. The van der Waals surface area contributed by atoms with Crippen LogP contribution in [0.25, 0.3) is 0 Å². The number of ether oxygens (including phenoxy) is 2. The Bertz CT molecular complexity index is 817. The molecule has 3 rings (SSSR count). The fourth-order valence-corrected chi connectivity index (χ4v) is 2.75. The van der Waals surface area contributed by atoms with Gasteiger partial charge in [0.2, 0.25) is 0 Å². The fraction of sp³-hybridized carbons (Fsp3) is 0.250. The van der Waals surface area contributed by atoms with E-state index in [1.54, 1.807) is 0 Å². The third-order valence-electron chi connectivity index (χ3n) is 4.27. The van der Waals surface area contributed by atoms with Crippen LogP contribution in [0.3, 0.4) is 0 Å². The SMILES string of the molecule is CCCCOc1cccc(CNc2ccccc2OCc2ccccc2)c1. The molecule has 0 aromatic heterocycles. The second-order valence-electron chi connectivity index (χ2n) is 6.47. The summed E-state index contributed by atoms with van der Waals surface area (Å²) in [5.41, 5.74) is 3.33. The highest BCUT2D eigenvalue weighted by atomic mass is 16.5. The number of unbranched alkanes of at least 4 members (excludes halogenated alkanes) is 1. The quantitative estimate of drug-likeness (QED) is 0.445. The predicted molar refractivity (Wildman–Crippen MR) is 111 cm³/mol. The molecule has 0 unspecified atom stereocenters. The topological polar surface area (TPSA) is 30.5 Å². The minimum absolute atomic E-state index is 0.556. The fourth-order valence-electron chi connectivity index (χ4n) is 2.75. The Hall–Kier alpha value is -2.94. The van der Waals surface area contributed by atoms with Crippen molar-refractivity contribution in [1.82, 2.24) is 0 Å². The molecule has 3 aromatic carbocycles. The molecule has 0 fully saturated rings. The molecule has 0 spiro atoms. The molecule has 27 heavy (non-hydrogen) atoms. The predicted octanol–water partition coefficient (Wildman–Crippen LogP) is 6.06. The zero-order valence-corrected chi connectivity index (χ0v) is 15.9. The van der Waals surface area contributed by atoms with Crippen LogP contribution in [0.5, 0.6) is 11.5 Å². The highest BCUT2D eigenvalue weighted by Gasteiger charge is 2.04. The van der Waals surface area contributed by atoms with Gasteiger partial charge in [-0.3, -0.25) is 0 Å². The Morgan fingerprint density at radius 2 is 1.56 bits per heavy atom. The molecular formula is C24H27NO2. The van der Waals surface area contributed by atoms with Gasteiger partial charge in [0.15, 0.2) is 0 Å². The van der Waals surface area contributed by atoms with E-state index in [1.807, 2.05) is 54.6 Å². The molecule has 0 saturated carbocycles. The van der Waals surface area contributed by atoms with Crippen molar-refractivity contribution < 1.29 is 9.47 Å². The molecule has 1 N–H and O–H groups in total. The standard InChI is InChI=1S/C24H27NO2/c1-2-3-16-26-22-13-9-12-21(17-22)18-25-23-14-7-8-15-24(23)27-19-20-10-5-4-6-11-20/h4-15,17,25H,2-3,16,18-19H2,1H3. The van der Waals surface area contributed by atoms with Gasteiger partial charge < -0.3 is 14.8 Å². The molecule has 0 bridgehead atoms. The minimum atomic E-state index is 0.556. The first kappa shape index (κ1) is 18.8. The molecule has 3 heteroatoms. The van der Waals surface area contributed by atoms with Gasteiger partial charge >= 0.3 is 0 Å². The van der Waals surface area contributed by atoms with E-state index in [4.69, 9.17) is 9.47 Å². The van der Waals surface area contributed by atoms with Crippen LogP contribution in [0.1, 0.15) is 30.9 Å². The van der Waals surface area contributed by atoms with Gasteiger partial charge in [0.25, 0.3) is 0 Å². The van der Waals surface area contributed by atoms with Crippen molar-refractivity contribution >= 4 is 5.69 Å². The summed E-state index contributed by atoms with van der Waals surface area (Å²) in [5, 5.41) is 3.48. The third-order valence-corrected chi connectivity index (χ3v) is 4.27. The summed E-state index contributed by atoms with van der Waals surface area (Å²) < 4.78 is 11.8. The first-order valence-electron chi connectivity index (χ1n) is 9.56. The molecule has 3 nitrogen and oxygen atoms in total. The van der Waals surface area contributed by atoms with Crippen molar-refractivity contribution in [2.24, 2.45) is 0 Å². The van der Waals surface area contributed by atoms with E-state index >= 15 is 0 Å². The second-order valence-corrected chi connectivity index (χ2v) is 6.47. The zero-order valence-electron chi connectivity index (χ0n) is 15.9. The van der Waals surface area contributed by atoms with Crippen LogP contribution in [0.15, 0.2) is 78.9 Å². The summed E-state index contributed by atoms with van der Waals surface area (Å²) in [5.74, 6) is 1.79. The average molecular weight is 361 g/mol. The summed E-state index contributed by atoms with van der Waals surface area (Å²) in [4.78, 5) is 0. The molecule has 0 heterocycles. The summed E-state index contributed by atoms with van der Waals surface area (Å²) in [7, 11) is 0. The Labute approximate surface area is 162 Å². The van der Waals surface area contributed by atoms with E-state index in [0.29, 0.717) is 6.61 Å². The molecule has 0 atom stereocenters. The Balaban J connectivity index is 1.59. The number of nitrogens with one attached hydrogen (secondary N) is 1. The minimum Gasteiger partial charge on any atom is -0.494 e. The maximum Gasteiger partial charge on any atom is 0.142 e. The molecule has 0 aliphatic rings. The normalized spacial score (nSPS) is 10.4.